The fraction of sp³-hybridized carbons (Fsp3) is 0.0508. The molecule has 0 aliphatic heterocycles. The second kappa shape index (κ2) is 14.9. The molecule has 11 aromatic rings. The number of nitrogens with zero attached hydrogens (tertiary/aromatic N) is 2. The number of anilines is 2. The molecule has 0 saturated carbocycles. The molecular formula is C59H44N2. The zero-order valence-electron chi connectivity index (χ0n) is 34.6. The first-order valence-corrected chi connectivity index (χ1v) is 21.3. The Labute approximate surface area is 356 Å². The number of para-hydroxylation sites is 3. The number of rotatable bonds is 7. The summed E-state index contributed by atoms with van der Waals surface area (Å²) < 4.78 is 2.44. The number of fused-ring (bicyclic) bond motifs is 7. The van der Waals surface area contributed by atoms with Crippen molar-refractivity contribution in [3.8, 4) is 27.9 Å². The van der Waals surface area contributed by atoms with Crippen LogP contribution in [0.2, 0.25) is 0 Å². The largest absolute Gasteiger partial charge is 0.311 e. The van der Waals surface area contributed by atoms with Crippen LogP contribution in [-0.2, 0) is 0 Å². The lowest BCUT2D eigenvalue weighted by molar-refractivity contribution is 1.18. The first-order chi connectivity index (χ1) is 30.1. The minimum atomic E-state index is 1.11. The molecule has 2 heteroatoms. The number of benzene rings is 10. The van der Waals surface area contributed by atoms with Gasteiger partial charge in [-0.1, -0.05) is 158 Å². The molecule has 0 saturated heterocycles. The standard InChI is InChI=1S/C59H44N2/c1-4-17-44(5-2)60(55-27-13-6-18-39(55)3)45-32-35-52-53(37-45)58(43-31-30-40-19-7-8-21-42(40)36-43)51-34-33-46(61-56-28-14-11-24-48(56)49-25-12-15-29-57(49)61)38-54(51)59(52)50-26-16-22-41-20-9-10-23-47(41)50/h4-38H,1-3H3/b17-4-,44-5+. The van der Waals surface area contributed by atoms with Crippen LogP contribution in [0.4, 0.5) is 11.4 Å². The van der Waals surface area contributed by atoms with E-state index in [1.807, 2.05) is 0 Å². The highest BCUT2D eigenvalue weighted by Crippen LogP contribution is 2.48. The van der Waals surface area contributed by atoms with Crippen LogP contribution in [0.1, 0.15) is 19.4 Å². The Morgan fingerprint density at radius 1 is 0.459 bits per heavy atom. The molecule has 0 aliphatic carbocycles. The van der Waals surface area contributed by atoms with E-state index in [-0.39, 0.29) is 0 Å². The van der Waals surface area contributed by atoms with E-state index in [0.717, 1.165) is 22.8 Å². The summed E-state index contributed by atoms with van der Waals surface area (Å²) in [5, 5.41) is 12.3. The fourth-order valence-corrected chi connectivity index (χ4v) is 9.78. The van der Waals surface area contributed by atoms with Crippen LogP contribution in [0.15, 0.2) is 218 Å². The quantitative estimate of drug-likeness (QED) is 0.116. The Morgan fingerprint density at radius 2 is 1.08 bits per heavy atom. The maximum Gasteiger partial charge on any atom is 0.0541 e. The molecule has 1 aromatic heterocycles. The summed E-state index contributed by atoms with van der Waals surface area (Å²) in [7, 11) is 0. The average Bonchev–Trinajstić information content (AvgIpc) is 3.65. The van der Waals surface area contributed by atoms with Crippen LogP contribution in [0.3, 0.4) is 0 Å². The third-order valence-electron chi connectivity index (χ3n) is 12.5. The van der Waals surface area contributed by atoms with Crippen molar-refractivity contribution < 1.29 is 0 Å². The lowest BCUT2D eigenvalue weighted by atomic mass is 9.84. The summed E-state index contributed by atoms with van der Waals surface area (Å²) in [6.45, 7) is 6.42. The highest BCUT2D eigenvalue weighted by molar-refractivity contribution is 6.25. The van der Waals surface area contributed by atoms with Gasteiger partial charge in [-0.3, -0.25) is 0 Å². The zero-order valence-corrected chi connectivity index (χ0v) is 34.6. The van der Waals surface area contributed by atoms with Gasteiger partial charge >= 0.3 is 0 Å². The Hall–Kier alpha value is -7.68. The van der Waals surface area contributed by atoms with Gasteiger partial charge in [-0.2, -0.15) is 0 Å². The summed E-state index contributed by atoms with van der Waals surface area (Å²) in [5.74, 6) is 0. The van der Waals surface area contributed by atoms with Gasteiger partial charge in [0.2, 0.25) is 0 Å². The molecule has 0 fully saturated rings. The molecule has 290 valence electrons. The third kappa shape index (κ3) is 5.94. The number of allylic oxidation sites excluding steroid dienone is 3. The second-order valence-electron chi connectivity index (χ2n) is 16.0. The first kappa shape index (κ1) is 36.4. The monoisotopic (exact) mass is 780 g/mol. The van der Waals surface area contributed by atoms with Crippen molar-refractivity contribution in [2.75, 3.05) is 4.90 Å². The summed E-state index contributed by atoms with van der Waals surface area (Å²) in [5.41, 5.74) is 13.0. The molecule has 11 rings (SSSR count). The van der Waals surface area contributed by atoms with Gasteiger partial charge in [-0.15, -0.1) is 0 Å². The number of hydrogen-bond donors (Lipinski definition) is 0. The van der Waals surface area contributed by atoms with Crippen molar-refractivity contribution in [3.63, 3.8) is 0 Å². The summed E-state index contributed by atoms with van der Waals surface area (Å²) in [6.07, 6.45) is 6.54. The molecule has 2 nitrogen and oxygen atoms in total. The lowest BCUT2D eigenvalue weighted by Crippen LogP contribution is -2.16. The highest BCUT2D eigenvalue weighted by atomic mass is 15.1. The summed E-state index contributed by atoms with van der Waals surface area (Å²) >= 11 is 0. The van der Waals surface area contributed by atoms with Gasteiger partial charge in [-0.05, 0) is 146 Å². The first-order valence-electron chi connectivity index (χ1n) is 21.3. The van der Waals surface area contributed by atoms with Crippen LogP contribution < -0.4 is 4.90 Å². The minimum absolute atomic E-state index is 1.11. The van der Waals surface area contributed by atoms with Gasteiger partial charge in [0.25, 0.3) is 0 Å². The molecule has 10 aromatic carbocycles. The molecule has 61 heavy (non-hydrogen) atoms. The molecule has 0 amide bonds. The highest BCUT2D eigenvalue weighted by Gasteiger charge is 2.23. The van der Waals surface area contributed by atoms with E-state index >= 15 is 0 Å². The van der Waals surface area contributed by atoms with Crippen molar-refractivity contribution in [1.29, 1.82) is 0 Å². The average molecular weight is 781 g/mol. The molecule has 0 atom stereocenters. The SMILES string of the molecule is C/C=C\C(=C/C)N(c1ccc2c(-c3cccc4ccccc34)c3cc(-n4c5ccccc5c5ccccc54)ccc3c(-c3ccc4ccccc4c3)c2c1)c1ccccc1C. The van der Waals surface area contributed by atoms with Crippen LogP contribution >= 0.6 is 0 Å². The number of aryl methyl sites for hydroxylation is 1. The molecule has 0 spiro atoms. The molecular weight excluding hydrogens is 737 g/mol. The molecule has 0 radical (unpaired) electrons. The van der Waals surface area contributed by atoms with Crippen LogP contribution in [0, 0.1) is 6.92 Å². The van der Waals surface area contributed by atoms with Crippen LogP contribution in [0.5, 0.6) is 0 Å². The van der Waals surface area contributed by atoms with E-state index in [1.54, 1.807) is 0 Å². The van der Waals surface area contributed by atoms with Crippen molar-refractivity contribution in [3.05, 3.63) is 224 Å². The van der Waals surface area contributed by atoms with Crippen molar-refractivity contribution >= 4 is 76.3 Å². The van der Waals surface area contributed by atoms with Crippen molar-refractivity contribution in [2.45, 2.75) is 20.8 Å². The Morgan fingerprint density at radius 3 is 1.84 bits per heavy atom. The van der Waals surface area contributed by atoms with E-state index in [2.05, 4.69) is 243 Å². The van der Waals surface area contributed by atoms with E-state index in [4.69, 9.17) is 0 Å². The zero-order chi connectivity index (χ0) is 41.0. The maximum absolute atomic E-state index is 2.45. The number of aromatic nitrogens is 1. The predicted octanol–water partition coefficient (Wildman–Crippen LogP) is 16.7. The van der Waals surface area contributed by atoms with Gasteiger partial charge < -0.3 is 9.47 Å². The minimum Gasteiger partial charge on any atom is -0.311 e. The summed E-state index contributed by atoms with van der Waals surface area (Å²) in [6, 6.07) is 71.8. The maximum atomic E-state index is 2.45. The van der Waals surface area contributed by atoms with Gasteiger partial charge in [0.1, 0.15) is 0 Å². The normalized spacial score (nSPS) is 12.2. The van der Waals surface area contributed by atoms with E-state index in [1.165, 1.54) is 92.7 Å². The van der Waals surface area contributed by atoms with Crippen LogP contribution in [0.25, 0.3) is 92.8 Å². The van der Waals surface area contributed by atoms with Gasteiger partial charge in [0.15, 0.2) is 0 Å². The number of hydrogen-bond acceptors (Lipinski definition) is 1. The molecule has 0 unspecified atom stereocenters. The Kier molecular flexibility index (Phi) is 8.86. The fourth-order valence-electron chi connectivity index (χ4n) is 9.78. The van der Waals surface area contributed by atoms with Gasteiger partial charge in [0.05, 0.1) is 11.0 Å². The summed E-state index contributed by atoms with van der Waals surface area (Å²) in [4.78, 5) is 2.41. The topological polar surface area (TPSA) is 8.17 Å². The van der Waals surface area contributed by atoms with E-state index < -0.39 is 0 Å². The van der Waals surface area contributed by atoms with E-state index in [0.29, 0.717) is 0 Å². The van der Waals surface area contributed by atoms with Gasteiger partial charge in [-0.25, -0.2) is 0 Å². The van der Waals surface area contributed by atoms with Crippen molar-refractivity contribution in [1.82, 2.24) is 4.57 Å². The second-order valence-corrected chi connectivity index (χ2v) is 16.0. The molecule has 0 aliphatic rings. The third-order valence-corrected chi connectivity index (χ3v) is 12.5. The lowest BCUT2D eigenvalue weighted by Gasteiger charge is -2.29. The Balaban J connectivity index is 1.31. The van der Waals surface area contributed by atoms with Crippen molar-refractivity contribution in [2.24, 2.45) is 0 Å². The molecule has 1 heterocycles. The molecule has 0 N–H and O–H groups in total. The predicted molar refractivity (Wildman–Crippen MR) is 264 cm³/mol. The van der Waals surface area contributed by atoms with Gasteiger partial charge in [0, 0.05) is 33.5 Å². The van der Waals surface area contributed by atoms with E-state index in [9.17, 15) is 0 Å². The smallest absolute Gasteiger partial charge is 0.0541 e. The Bertz CT molecular complexity index is 3520. The molecule has 0 bridgehead atoms. The van der Waals surface area contributed by atoms with Crippen LogP contribution in [-0.4, -0.2) is 4.57 Å².